The number of rotatable bonds is 5. The SMILES string of the molecule is COc1cc(OC)cc(C(=O)N2CCN(c3nc(-c4ccccc4)ns3)CC2)c1. The Morgan fingerprint density at radius 2 is 1.62 bits per heavy atom. The highest BCUT2D eigenvalue weighted by molar-refractivity contribution is 7.09. The fraction of sp³-hybridized carbons (Fsp3) is 0.286. The molecule has 1 aromatic heterocycles. The van der Waals surface area contributed by atoms with Crippen LogP contribution in [0.25, 0.3) is 11.4 Å². The van der Waals surface area contributed by atoms with Gasteiger partial charge in [0.25, 0.3) is 5.91 Å². The Morgan fingerprint density at radius 1 is 0.966 bits per heavy atom. The summed E-state index contributed by atoms with van der Waals surface area (Å²) in [5.41, 5.74) is 1.58. The third-order valence-corrected chi connectivity index (χ3v) is 5.66. The van der Waals surface area contributed by atoms with E-state index in [2.05, 4.69) is 14.3 Å². The lowest BCUT2D eigenvalue weighted by molar-refractivity contribution is 0.0746. The predicted octanol–water partition coefficient (Wildman–Crippen LogP) is 3.18. The molecule has 0 radical (unpaired) electrons. The van der Waals surface area contributed by atoms with Crippen molar-refractivity contribution in [1.29, 1.82) is 0 Å². The molecule has 1 saturated heterocycles. The zero-order valence-electron chi connectivity index (χ0n) is 16.4. The van der Waals surface area contributed by atoms with Gasteiger partial charge in [0.2, 0.25) is 5.13 Å². The van der Waals surface area contributed by atoms with E-state index >= 15 is 0 Å². The second kappa shape index (κ2) is 8.48. The van der Waals surface area contributed by atoms with Crippen molar-refractivity contribution in [3.8, 4) is 22.9 Å². The maximum absolute atomic E-state index is 12.9. The molecule has 150 valence electrons. The number of carbonyl (C=O) groups excluding carboxylic acids is 1. The molecule has 4 rings (SSSR count). The first-order valence-corrected chi connectivity index (χ1v) is 10.1. The highest BCUT2D eigenvalue weighted by atomic mass is 32.1. The van der Waals surface area contributed by atoms with Gasteiger partial charge in [0.1, 0.15) is 11.5 Å². The molecule has 1 aliphatic rings. The second-order valence-electron chi connectivity index (χ2n) is 6.65. The van der Waals surface area contributed by atoms with E-state index in [4.69, 9.17) is 9.47 Å². The summed E-state index contributed by atoms with van der Waals surface area (Å²) < 4.78 is 15.0. The van der Waals surface area contributed by atoms with E-state index in [1.807, 2.05) is 35.2 Å². The van der Waals surface area contributed by atoms with E-state index < -0.39 is 0 Å². The molecule has 0 aliphatic carbocycles. The summed E-state index contributed by atoms with van der Waals surface area (Å²) in [4.78, 5) is 21.6. The van der Waals surface area contributed by atoms with Crippen molar-refractivity contribution in [3.63, 3.8) is 0 Å². The van der Waals surface area contributed by atoms with Crippen LogP contribution in [0.15, 0.2) is 48.5 Å². The molecule has 0 saturated carbocycles. The summed E-state index contributed by atoms with van der Waals surface area (Å²) >= 11 is 1.40. The van der Waals surface area contributed by atoms with Crippen molar-refractivity contribution in [1.82, 2.24) is 14.3 Å². The fourth-order valence-electron chi connectivity index (χ4n) is 3.26. The third kappa shape index (κ3) is 4.17. The van der Waals surface area contributed by atoms with Gasteiger partial charge in [-0.3, -0.25) is 4.79 Å². The van der Waals surface area contributed by atoms with Crippen molar-refractivity contribution < 1.29 is 14.3 Å². The minimum Gasteiger partial charge on any atom is -0.497 e. The number of ether oxygens (including phenoxy) is 2. The van der Waals surface area contributed by atoms with E-state index in [9.17, 15) is 4.79 Å². The summed E-state index contributed by atoms with van der Waals surface area (Å²) in [6.07, 6.45) is 0. The average Bonchev–Trinajstić information content (AvgIpc) is 3.29. The van der Waals surface area contributed by atoms with E-state index in [0.717, 1.165) is 29.6 Å². The molecule has 1 amide bonds. The van der Waals surface area contributed by atoms with Crippen LogP contribution in [-0.4, -0.2) is 60.6 Å². The normalized spacial score (nSPS) is 14.0. The number of piperazine rings is 1. The van der Waals surface area contributed by atoms with Gasteiger partial charge in [0, 0.05) is 54.9 Å². The lowest BCUT2D eigenvalue weighted by Crippen LogP contribution is -2.48. The Labute approximate surface area is 173 Å². The highest BCUT2D eigenvalue weighted by Gasteiger charge is 2.25. The van der Waals surface area contributed by atoms with Crippen LogP contribution in [-0.2, 0) is 0 Å². The average molecular weight is 410 g/mol. The molecule has 8 heteroatoms. The second-order valence-corrected chi connectivity index (χ2v) is 7.38. The Kier molecular flexibility index (Phi) is 5.62. The number of benzene rings is 2. The molecule has 1 fully saturated rings. The molecule has 0 bridgehead atoms. The van der Waals surface area contributed by atoms with Gasteiger partial charge in [0.05, 0.1) is 14.2 Å². The van der Waals surface area contributed by atoms with Crippen LogP contribution in [0.2, 0.25) is 0 Å². The van der Waals surface area contributed by atoms with Gasteiger partial charge in [-0.1, -0.05) is 30.3 Å². The molecule has 29 heavy (non-hydrogen) atoms. The maximum Gasteiger partial charge on any atom is 0.254 e. The Morgan fingerprint density at radius 3 is 2.24 bits per heavy atom. The van der Waals surface area contributed by atoms with E-state index in [0.29, 0.717) is 30.2 Å². The number of hydrogen-bond donors (Lipinski definition) is 0. The zero-order chi connectivity index (χ0) is 20.2. The molecule has 0 spiro atoms. The number of nitrogens with zero attached hydrogens (tertiary/aromatic N) is 4. The van der Waals surface area contributed by atoms with Gasteiger partial charge in [-0.25, -0.2) is 0 Å². The largest absolute Gasteiger partial charge is 0.497 e. The van der Waals surface area contributed by atoms with Crippen LogP contribution >= 0.6 is 11.5 Å². The molecule has 2 aromatic carbocycles. The zero-order valence-corrected chi connectivity index (χ0v) is 17.2. The standard InChI is InChI=1S/C21H22N4O3S/c1-27-17-12-16(13-18(14-17)28-2)20(26)24-8-10-25(11-9-24)21-22-19(23-29-21)15-6-4-3-5-7-15/h3-7,12-14H,8-11H2,1-2H3. The van der Waals surface area contributed by atoms with Crippen LogP contribution in [0, 0.1) is 0 Å². The summed E-state index contributed by atoms with van der Waals surface area (Å²) in [5.74, 6) is 1.93. The number of anilines is 1. The van der Waals surface area contributed by atoms with Gasteiger partial charge >= 0.3 is 0 Å². The van der Waals surface area contributed by atoms with Crippen molar-refractivity contribution in [3.05, 3.63) is 54.1 Å². The van der Waals surface area contributed by atoms with Gasteiger partial charge in [-0.15, -0.1) is 0 Å². The van der Waals surface area contributed by atoms with Crippen molar-refractivity contribution >= 4 is 22.6 Å². The molecule has 3 aromatic rings. The monoisotopic (exact) mass is 410 g/mol. The van der Waals surface area contributed by atoms with Crippen LogP contribution < -0.4 is 14.4 Å². The molecule has 2 heterocycles. The number of amides is 1. The van der Waals surface area contributed by atoms with E-state index in [-0.39, 0.29) is 5.91 Å². The maximum atomic E-state index is 12.9. The van der Waals surface area contributed by atoms with Crippen molar-refractivity contribution in [2.24, 2.45) is 0 Å². The Bertz CT molecular complexity index is 962. The smallest absolute Gasteiger partial charge is 0.254 e. The fourth-order valence-corrected chi connectivity index (χ4v) is 4.00. The topological polar surface area (TPSA) is 67.8 Å². The molecular formula is C21H22N4O3S. The van der Waals surface area contributed by atoms with Crippen LogP contribution in [0.5, 0.6) is 11.5 Å². The first kappa shape index (κ1) is 19.2. The highest BCUT2D eigenvalue weighted by Crippen LogP contribution is 2.26. The van der Waals surface area contributed by atoms with Crippen LogP contribution in [0.4, 0.5) is 5.13 Å². The van der Waals surface area contributed by atoms with E-state index in [1.165, 1.54) is 11.5 Å². The lowest BCUT2D eigenvalue weighted by Gasteiger charge is -2.34. The van der Waals surface area contributed by atoms with Gasteiger partial charge < -0.3 is 19.3 Å². The first-order chi connectivity index (χ1) is 14.2. The molecule has 0 atom stereocenters. The number of methoxy groups -OCH3 is 2. The summed E-state index contributed by atoms with van der Waals surface area (Å²) in [6, 6.07) is 15.2. The van der Waals surface area contributed by atoms with Gasteiger partial charge in [0.15, 0.2) is 5.82 Å². The van der Waals surface area contributed by atoms with Crippen molar-refractivity contribution in [2.75, 3.05) is 45.3 Å². The summed E-state index contributed by atoms with van der Waals surface area (Å²) in [6.45, 7) is 2.68. The minimum absolute atomic E-state index is 0.0240. The molecule has 7 nitrogen and oxygen atoms in total. The Balaban J connectivity index is 1.42. The molecule has 1 aliphatic heterocycles. The molecular weight excluding hydrogens is 388 g/mol. The number of carbonyl (C=O) groups is 1. The van der Waals surface area contributed by atoms with Crippen LogP contribution in [0.1, 0.15) is 10.4 Å². The number of hydrogen-bond acceptors (Lipinski definition) is 7. The quantitative estimate of drug-likeness (QED) is 0.644. The van der Waals surface area contributed by atoms with Gasteiger partial charge in [-0.05, 0) is 12.1 Å². The summed E-state index contributed by atoms with van der Waals surface area (Å²) in [5, 5.41) is 0.888. The molecule has 0 unspecified atom stereocenters. The minimum atomic E-state index is -0.0240. The Hall–Kier alpha value is -3.13. The van der Waals surface area contributed by atoms with Crippen LogP contribution in [0.3, 0.4) is 0 Å². The third-order valence-electron chi connectivity index (χ3n) is 4.88. The molecule has 0 N–H and O–H groups in total. The number of aromatic nitrogens is 2. The predicted molar refractivity (Wildman–Crippen MR) is 113 cm³/mol. The first-order valence-electron chi connectivity index (χ1n) is 9.34. The lowest BCUT2D eigenvalue weighted by atomic mass is 10.1. The van der Waals surface area contributed by atoms with Crippen molar-refractivity contribution in [2.45, 2.75) is 0 Å². The van der Waals surface area contributed by atoms with E-state index in [1.54, 1.807) is 32.4 Å². The van der Waals surface area contributed by atoms with Gasteiger partial charge in [-0.2, -0.15) is 9.36 Å². The summed E-state index contributed by atoms with van der Waals surface area (Å²) in [7, 11) is 3.15.